The molecule has 1 aromatic rings. The highest BCUT2D eigenvalue weighted by molar-refractivity contribution is 5.98. The van der Waals surface area contributed by atoms with Crippen molar-refractivity contribution in [2.75, 3.05) is 12.4 Å². The number of nitrogens with zero attached hydrogens (tertiary/aromatic N) is 1. The molecule has 0 aliphatic carbocycles. The first-order chi connectivity index (χ1) is 9.29. The molecule has 20 heavy (non-hydrogen) atoms. The van der Waals surface area contributed by atoms with Gasteiger partial charge in [-0.15, -0.1) is 0 Å². The van der Waals surface area contributed by atoms with Crippen LogP contribution in [0.15, 0.2) is 24.3 Å². The fourth-order valence-electron chi connectivity index (χ4n) is 2.11. The van der Waals surface area contributed by atoms with Crippen molar-refractivity contribution in [1.29, 1.82) is 0 Å². The lowest BCUT2D eigenvalue weighted by Gasteiger charge is -2.19. The summed E-state index contributed by atoms with van der Waals surface area (Å²) in [6.45, 7) is 0. The first-order valence-electron chi connectivity index (χ1n) is 6.03. The second-order valence-corrected chi connectivity index (χ2v) is 4.63. The second-order valence-electron chi connectivity index (χ2n) is 4.63. The summed E-state index contributed by atoms with van der Waals surface area (Å²) in [5.74, 6) is -0.619. The number of rotatable bonds is 2. The lowest BCUT2D eigenvalue weighted by atomic mass is 10.1. The lowest BCUT2D eigenvalue weighted by Crippen LogP contribution is -2.38. The van der Waals surface area contributed by atoms with E-state index in [9.17, 15) is 22.8 Å². The van der Waals surface area contributed by atoms with Gasteiger partial charge < -0.3 is 10.2 Å². The van der Waals surface area contributed by atoms with Gasteiger partial charge in [-0.3, -0.25) is 9.59 Å². The molecule has 1 N–H and O–H groups in total. The maximum atomic E-state index is 12.6. The standard InChI is InChI=1S/C13H13F3N2O2/c1-18-10(5-6-11(18)19)12(20)17-9-4-2-3-8(7-9)13(14,15)16/h2-4,7,10H,5-6H2,1H3,(H,17,20). The van der Waals surface area contributed by atoms with Gasteiger partial charge in [0.2, 0.25) is 11.8 Å². The zero-order valence-electron chi connectivity index (χ0n) is 10.7. The topological polar surface area (TPSA) is 49.4 Å². The molecule has 1 atom stereocenters. The van der Waals surface area contributed by atoms with Gasteiger partial charge in [-0.1, -0.05) is 6.07 Å². The van der Waals surface area contributed by atoms with E-state index in [1.807, 2.05) is 0 Å². The van der Waals surface area contributed by atoms with Gasteiger partial charge in [0.15, 0.2) is 0 Å². The van der Waals surface area contributed by atoms with Crippen molar-refractivity contribution < 1.29 is 22.8 Å². The quantitative estimate of drug-likeness (QED) is 0.906. The van der Waals surface area contributed by atoms with E-state index < -0.39 is 23.7 Å². The van der Waals surface area contributed by atoms with Crippen molar-refractivity contribution in [3.05, 3.63) is 29.8 Å². The van der Waals surface area contributed by atoms with Crippen LogP contribution < -0.4 is 5.32 Å². The molecule has 1 fully saturated rings. The van der Waals surface area contributed by atoms with Crippen LogP contribution in [0.25, 0.3) is 0 Å². The van der Waals surface area contributed by atoms with E-state index in [1.54, 1.807) is 0 Å². The van der Waals surface area contributed by atoms with E-state index in [0.717, 1.165) is 12.1 Å². The molecule has 0 radical (unpaired) electrons. The monoisotopic (exact) mass is 286 g/mol. The van der Waals surface area contributed by atoms with Crippen LogP contribution in [0.3, 0.4) is 0 Å². The van der Waals surface area contributed by atoms with E-state index in [4.69, 9.17) is 0 Å². The zero-order chi connectivity index (χ0) is 14.9. The number of carbonyl (C=O) groups excluding carboxylic acids is 2. The highest BCUT2D eigenvalue weighted by Gasteiger charge is 2.34. The number of anilines is 1. The number of hydrogen-bond donors (Lipinski definition) is 1. The lowest BCUT2D eigenvalue weighted by molar-refractivity contribution is -0.137. The number of halogens is 3. The number of likely N-dealkylation sites (N-methyl/N-ethyl adjacent to an activating group) is 1. The molecular weight excluding hydrogens is 273 g/mol. The van der Waals surface area contributed by atoms with Crippen molar-refractivity contribution in [3.8, 4) is 0 Å². The maximum Gasteiger partial charge on any atom is 0.416 e. The second kappa shape index (κ2) is 5.15. The number of alkyl halides is 3. The Bertz CT molecular complexity index is 543. The summed E-state index contributed by atoms with van der Waals surface area (Å²) in [6.07, 6.45) is -3.81. The van der Waals surface area contributed by atoms with E-state index in [0.29, 0.717) is 6.42 Å². The Balaban J connectivity index is 2.11. The molecule has 7 heteroatoms. The average molecular weight is 286 g/mol. The van der Waals surface area contributed by atoms with Gasteiger partial charge in [0.25, 0.3) is 0 Å². The molecule has 1 heterocycles. The predicted octanol–water partition coefficient (Wildman–Crippen LogP) is 2.26. The molecule has 2 rings (SSSR count). The Kier molecular flexibility index (Phi) is 3.69. The van der Waals surface area contributed by atoms with Crippen molar-refractivity contribution in [2.45, 2.75) is 25.1 Å². The van der Waals surface area contributed by atoms with E-state index >= 15 is 0 Å². The number of hydrogen-bond acceptors (Lipinski definition) is 2. The van der Waals surface area contributed by atoms with E-state index in [2.05, 4.69) is 5.32 Å². The molecule has 2 amide bonds. The summed E-state index contributed by atoms with van der Waals surface area (Å²) < 4.78 is 37.7. The fraction of sp³-hybridized carbons (Fsp3) is 0.385. The molecule has 0 bridgehead atoms. The Morgan fingerprint density at radius 2 is 2.10 bits per heavy atom. The predicted molar refractivity (Wildman–Crippen MR) is 65.9 cm³/mol. The molecule has 4 nitrogen and oxygen atoms in total. The summed E-state index contributed by atoms with van der Waals surface area (Å²) in [6, 6.07) is 3.78. The van der Waals surface area contributed by atoms with Crippen LogP contribution in [0.1, 0.15) is 18.4 Å². The number of carbonyl (C=O) groups is 2. The highest BCUT2D eigenvalue weighted by atomic mass is 19.4. The zero-order valence-corrected chi connectivity index (χ0v) is 10.7. The minimum atomic E-state index is -4.46. The molecule has 0 saturated carbocycles. The molecule has 0 spiro atoms. The van der Waals surface area contributed by atoms with Crippen LogP contribution in [0.4, 0.5) is 18.9 Å². The van der Waals surface area contributed by atoms with Crippen LogP contribution in [0, 0.1) is 0 Å². The van der Waals surface area contributed by atoms with Crippen LogP contribution in [0.5, 0.6) is 0 Å². The summed E-state index contributed by atoms with van der Waals surface area (Å²) in [4.78, 5) is 24.6. The highest BCUT2D eigenvalue weighted by Crippen LogP contribution is 2.30. The Morgan fingerprint density at radius 1 is 1.40 bits per heavy atom. The van der Waals surface area contributed by atoms with Crippen molar-refractivity contribution in [3.63, 3.8) is 0 Å². The number of likely N-dealkylation sites (tertiary alicyclic amines) is 1. The van der Waals surface area contributed by atoms with Gasteiger partial charge in [0.1, 0.15) is 6.04 Å². The van der Waals surface area contributed by atoms with Gasteiger partial charge in [-0.25, -0.2) is 0 Å². The average Bonchev–Trinajstić information content (AvgIpc) is 2.69. The molecule has 108 valence electrons. The number of amides is 2. The van der Waals surface area contributed by atoms with Crippen molar-refractivity contribution >= 4 is 17.5 Å². The minimum Gasteiger partial charge on any atom is -0.334 e. The Hall–Kier alpha value is -2.05. The summed E-state index contributed by atoms with van der Waals surface area (Å²) in [5.41, 5.74) is -0.760. The summed E-state index contributed by atoms with van der Waals surface area (Å²) in [7, 11) is 1.51. The summed E-state index contributed by atoms with van der Waals surface area (Å²) in [5, 5.41) is 2.41. The summed E-state index contributed by atoms with van der Waals surface area (Å²) >= 11 is 0. The molecule has 0 aromatic heterocycles. The van der Waals surface area contributed by atoms with E-state index in [-0.39, 0.29) is 18.0 Å². The van der Waals surface area contributed by atoms with Crippen molar-refractivity contribution in [1.82, 2.24) is 4.90 Å². The van der Waals surface area contributed by atoms with Gasteiger partial charge in [-0.2, -0.15) is 13.2 Å². The largest absolute Gasteiger partial charge is 0.416 e. The third kappa shape index (κ3) is 2.92. The Morgan fingerprint density at radius 3 is 2.65 bits per heavy atom. The SMILES string of the molecule is CN1C(=O)CCC1C(=O)Nc1cccc(C(F)(F)F)c1. The van der Waals surface area contributed by atoms with Gasteiger partial charge in [0.05, 0.1) is 5.56 Å². The molecule has 1 aliphatic heterocycles. The Labute approximate surface area is 113 Å². The van der Waals surface area contributed by atoms with Crippen molar-refractivity contribution in [2.24, 2.45) is 0 Å². The van der Waals surface area contributed by atoms with Crippen LogP contribution in [-0.4, -0.2) is 29.8 Å². The molecular formula is C13H13F3N2O2. The maximum absolute atomic E-state index is 12.6. The number of benzene rings is 1. The molecule has 1 aliphatic rings. The number of nitrogens with one attached hydrogen (secondary N) is 1. The molecule has 1 aromatic carbocycles. The first kappa shape index (κ1) is 14.4. The minimum absolute atomic E-state index is 0.0672. The van der Waals surface area contributed by atoms with Crippen LogP contribution >= 0.6 is 0 Å². The normalized spacial score (nSPS) is 19.3. The van der Waals surface area contributed by atoms with Gasteiger partial charge >= 0.3 is 6.18 Å². The molecule has 1 unspecified atom stereocenters. The first-order valence-corrected chi connectivity index (χ1v) is 6.03. The van der Waals surface area contributed by atoms with Gasteiger partial charge in [0, 0.05) is 19.2 Å². The van der Waals surface area contributed by atoms with Crippen LogP contribution in [0.2, 0.25) is 0 Å². The van der Waals surface area contributed by atoms with Crippen LogP contribution in [-0.2, 0) is 15.8 Å². The third-order valence-corrected chi connectivity index (χ3v) is 3.25. The smallest absolute Gasteiger partial charge is 0.334 e. The third-order valence-electron chi connectivity index (χ3n) is 3.25. The van der Waals surface area contributed by atoms with E-state index in [1.165, 1.54) is 24.1 Å². The molecule has 1 saturated heterocycles. The fourth-order valence-corrected chi connectivity index (χ4v) is 2.11. The van der Waals surface area contributed by atoms with Gasteiger partial charge in [-0.05, 0) is 24.6 Å².